The molecule has 0 saturated carbocycles. The van der Waals surface area contributed by atoms with Crippen molar-refractivity contribution in [1.82, 2.24) is 4.57 Å². The first-order valence-electron chi connectivity index (χ1n) is 8.36. The Kier molecular flexibility index (Phi) is 5.08. The van der Waals surface area contributed by atoms with Gasteiger partial charge in [0.1, 0.15) is 18.1 Å². The molecule has 6 nitrogen and oxygen atoms in total. The lowest BCUT2D eigenvalue weighted by Crippen LogP contribution is -2.28. The number of carbonyl (C=O) groups excluding carboxylic acids is 1. The quantitative estimate of drug-likeness (QED) is 0.371. The van der Waals surface area contributed by atoms with E-state index in [1.165, 1.54) is 6.92 Å². The minimum Gasteiger partial charge on any atom is -0.426 e. The van der Waals surface area contributed by atoms with Crippen molar-refractivity contribution in [3.63, 3.8) is 0 Å². The number of rotatable bonds is 5. The zero-order valence-corrected chi connectivity index (χ0v) is 14.7. The second-order valence-electron chi connectivity index (χ2n) is 6.25. The molecule has 1 heterocycles. The number of aliphatic hydroxyl groups excluding tert-OH is 2. The minimum atomic E-state index is -1.45. The number of esters is 1. The number of ether oxygens (including phenoxy) is 1. The van der Waals surface area contributed by atoms with Crippen molar-refractivity contribution in [3.05, 3.63) is 65.4 Å². The van der Waals surface area contributed by atoms with Gasteiger partial charge in [-0.1, -0.05) is 36.4 Å². The van der Waals surface area contributed by atoms with Crippen molar-refractivity contribution >= 4 is 16.9 Å². The Hall–Kier alpha value is -2.67. The summed E-state index contributed by atoms with van der Waals surface area (Å²) in [5.74, 6) is -0.126. The molecule has 0 amide bonds. The molecule has 2 atom stereocenters. The summed E-state index contributed by atoms with van der Waals surface area (Å²) in [6.45, 7) is 3.74. The van der Waals surface area contributed by atoms with Crippen LogP contribution in [0.4, 0.5) is 0 Å². The third-order valence-corrected chi connectivity index (χ3v) is 4.42. The van der Waals surface area contributed by atoms with Crippen LogP contribution >= 0.6 is 0 Å². The summed E-state index contributed by atoms with van der Waals surface area (Å²) in [5.41, 5.74) is 8.62. The molecule has 26 heavy (non-hydrogen) atoms. The van der Waals surface area contributed by atoms with Gasteiger partial charge in [-0.2, -0.15) is 0 Å². The maximum atomic E-state index is 11.5. The standard InChI is InChI=1S/C20H22N2O4/c1-12-17(19(24)20(21)25)18-15(9-6-10-16(18)26-13(2)23)22(12)11-14-7-4-3-5-8-14/h3-10,19-20,24-25H,11,21H2,1-2H3. The van der Waals surface area contributed by atoms with E-state index in [2.05, 4.69) is 0 Å². The predicted octanol–water partition coefficient (Wildman–Crippen LogP) is 2.23. The molecule has 0 aliphatic rings. The highest BCUT2D eigenvalue weighted by Gasteiger charge is 2.26. The summed E-state index contributed by atoms with van der Waals surface area (Å²) in [6, 6.07) is 15.2. The highest BCUT2D eigenvalue weighted by molar-refractivity contribution is 5.93. The lowest BCUT2D eigenvalue weighted by molar-refractivity contribution is -0.131. The molecule has 136 valence electrons. The van der Waals surface area contributed by atoms with Gasteiger partial charge in [-0.25, -0.2) is 0 Å². The molecular formula is C20H22N2O4. The van der Waals surface area contributed by atoms with E-state index in [1.54, 1.807) is 12.1 Å². The van der Waals surface area contributed by atoms with Gasteiger partial charge in [-0.05, 0) is 24.6 Å². The van der Waals surface area contributed by atoms with Crippen LogP contribution in [0.25, 0.3) is 10.9 Å². The Morgan fingerprint density at radius 3 is 2.46 bits per heavy atom. The van der Waals surface area contributed by atoms with Crippen molar-refractivity contribution in [1.29, 1.82) is 0 Å². The molecule has 0 saturated heterocycles. The van der Waals surface area contributed by atoms with Crippen molar-refractivity contribution in [2.45, 2.75) is 32.7 Å². The largest absolute Gasteiger partial charge is 0.426 e. The summed E-state index contributed by atoms with van der Waals surface area (Å²) in [4.78, 5) is 11.5. The first-order chi connectivity index (χ1) is 12.4. The predicted molar refractivity (Wildman–Crippen MR) is 98.7 cm³/mol. The van der Waals surface area contributed by atoms with E-state index in [1.807, 2.05) is 47.9 Å². The third-order valence-electron chi connectivity index (χ3n) is 4.42. The molecule has 0 radical (unpaired) electrons. The number of hydrogen-bond acceptors (Lipinski definition) is 5. The Morgan fingerprint density at radius 1 is 1.15 bits per heavy atom. The van der Waals surface area contributed by atoms with Gasteiger partial charge < -0.3 is 25.3 Å². The van der Waals surface area contributed by atoms with Gasteiger partial charge in [0, 0.05) is 30.1 Å². The van der Waals surface area contributed by atoms with Crippen LogP contribution < -0.4 is 10.5 Å². The lowest BCUT2D eigenvalue weighted by Gasteiger charge is -2.15. The van der Waals surface area contributed by atoms with E-state index < -0.39 is 18.3 Å². The first-order valence-corrected chi connectivity index (χ1v) is 8.36. The summed E-state index contributed by atoms with van der Waals surface area (Å²) in [5, 5.41) is 20.8. The SMILES string of the molecule is CC(=O)Oc1cccc2c1c(C(O)C(N)O)c(C)n2Cc1ccccc1. The molecule has 6 heteroatoms. The Morgan fingerprint density at radius 2 is 1.85 bits per heavy atom. The molecule has 0 fully saturated rings. The monoisotopic (exact) mass is 354 g/mol. The summed E-state index contributed by atoms with van der Waals surface area (Å²) >= 11 is 0. The average Bonchev–Trinajstić information content (AvgIpc) is 2.88. The highest BCUT2D eigenvalue weighted by Crippen LogP contribution is 2.38. The fourth-order valence-electron chi connectivity index (χ4n) is 3.26. The highest BCUT2D eigenvalue weighted by atomic mass is 16.5. The molecule has 0 bridgehead atoms. The van der Waals surface area contributed by atoms with Crippen LogP contribution in [0.5, 0.6) is 5.75 Å². The van der Waals surface area contributed by atoms with E-state index in [-0.39, 0.29) is 0 Å². The van der Waals surface area contributed by atoms with Crippen LogP contribution in [0.2, 0.25) is 0 Å². The molecule has 2 aromatic carbocycles. The van der Waals surface area contributed by atoms with E-state index in [0.29, 0.717) is 23.2 Å². The van der Waals surface area contributed by atoms with Gasteiger partial charge in [0.2, 0.25) is 0 Å². The van der Waals surface area contributed by atoms with Crippen LogP contribution in [0.15, 0.2) is 48.5 Å². The zero-order chi connectivity index (χ0) is 18.8. The fraction of sp³-hybridized carbons (Fsp3) is 0.250. The molecule has 0 aliphatic heterocycles. The smallest absolute Gasteiger partial charge is 0.308 e. The number of hydrogen-bond donors (Lipinski definition) is 3. The Balaban J connectivity index is 2.25. The Labute approximate surface area is 151 Å². The number of aliphatic hydroxyl groups is 2. The average molecular weight is 354 g/mol. The number of nitrogens with zero attached hydrogens (tertiary/aromatic N) is 1. The summed E-state index contributed by atoms with van der Waals surface area (Å²) in [7, 11) is 0. The maximum absolute atomic E-state index is 11.5. The van der Waals surface area contributed by atoms with Crippen LogP contribution in [0, 0.1) is 6.92 Å². The van der Waals surface area contributed by atoms with E-state index >= 15 is 0 Å². The van der Waals surface area contributed by atoms with Gasteiger partial charge in [-0.15, -0.1) is 0 Å². The maximum Gasteiger partial charge on any atom is 0.308 e. The number of fused-ring (bicyclic) bond motifs is 1. The first kappa shape index (κ1) is 18.1. The molecule has 0 aliphatic carbocycles. The van der Waals surface area contributed by atoms with E-state index in [9.17, 15) is 15.0 Å². The summed E-state index contributed by atoms with van der Waals surface area (Å²) < 4.78 is 7.34. The minimum absolute atomic E-state index is 0.333. The summed E-state index contributed by atoms with van der Waals surface area (Å²) in [6.07, 6.45) is -2.75. The van der Waals surface area contributed by atoms with Crippen molar-refractivity contribution in [2.24, 2.45) is 5.73 Å². The second kappa shape index (κ2) is 7.29. The van der Waals surface area contributed by atoms with Gasteiger partial charge in [0.25, 0.3) is 0 Å². The van der Waals surface area contributed by atoms with Crippen LogP contribution in [-0.2, 0) is 11.3 Å². The van der Waals surface area contributed by atoms with Crippen molar-refractivity contribution < 1.29 is 19.7 Å². The van der Waals surface area contributed by atoms with Gasteiger partial charge in [0.15, 0.2) is 0 Å². The zero-order valence-electron chi connectivity index (χ0n) is 14.7. The van der Waals surface area contributed by atoms with Gasteiger partial charge in [-0.3, -0.25) is 4.79 Å². The molecule has 4 N–H and O–H groups in total. The topological polar surface area (TPSA) is 97.7 Å². The van der Waals surface area contributed by atoms with Crippen molar-refractivity contribution in [2.75, 3.05) is 0 Å². The Bertz CT molecular complexity index is 932. The molecule has 1 aromatic heterocycles. The molecule has 3 aromatic rings. The van der Waals surface area contributed by atoms with Gasteiger partial charge >= 0.3 is 5.97 Å². The normalized spacial score (nSPS) is 13.6. The molecule has 0 spiro atoms. The van der Waals surface area contributed by atoms with Crippen LogP contribution in [0.1, 0.15) is 29.8 Å². The second-order valence-corrected chi connectivity index (χ2v) is 6.25. The fourth-order valence-corrected chi connectivity index (χ4v) is 3.26. The van der Waals surface area contributed by atoms with E-state index in [4.69, 9.17) is 10.5 Å². The van der Waals surface area contributed by atoms with E-state index in [0.717, 1.165) is 16.8 Å². The van der Waals surface area contributed by atoms with Gasteiger partial charge in [0.05, 0.1) is 5.52 Å². The molecule has 3 rings (SSSR count). The molecule has 2 unspecified atom stereocenters. The van der Waals surface area contributed by atoms with Crippen LogP contribution in [0.3, 0.4) is 0 Å². The third kappa shape index (κ3) is 3.35. The molecular weight excluding hydrogens is 332 g/mol. The van der Waals surface area contributed by atoms with Crippen molar-refractivity contribution in [3.8, 4) is 5.75 Å². The number of aromatic nitrogens is 1. The number of benzene rings is 2. The number of carbonyl (C=O) groups is 1. The lowest BCUT2D eigenvalue weighted by atomic mass is 10.0. The number of nitrogens with two attached hydrogens (primary N) is 1. The van der Waals surface area contributed by atoms with Crippen LogP contribution in [-0.4, -0.2) is 27.0 Å².